The normalized spacial score (nSPS) is 15.2. The molecule has 0 bridgehead atoms. The van der Waals surface area contributed by atoms with Gasteiger partial charge in [0, 0.05) is 37.3 Å². The third-order valence-corrected chi connectivity index (χ3v) is 6.54. The highest BCUT2D eigenvalue weighted by molar-refractivity contribution is 7.89. The van der Waals surface area contributed by atoms with Crippen LogP contribution in [0.3, 0.4) is 0 Å². The first-order chi connectivity index (χ1) is 15.9. The summed E-state index contributed by atoms with van der Waals surface area (Å²) in [5, 5.41) is 6.53. The van der Waals surface area contributed by atoms with E-state index in [1.54, 1.807) is 18.3 Å². The number of nitrogens with zero attached hydrogens (tertiary/aromatic N) is 5. The molecule has 5 heterocycles. The molecule has 0 aliphatic carbocycles. The van der Waals surface area contributed by atoms with E-state index in [1.807, 2.05) is 12.4 Å². The van der Waals surface area contributed by atoms with Crippen LogP contribution in [0.5, 0.6) is 5.88 Å². The second kappa shape index (κ2) is 8.47. The third kappa shape index (κ3) is 4.54. The quantitative estimate of drug-likeness (QED) is 0.577. The minimum atomic E-state index is -3.23. The lowest BCUT2D eigenvalue weighted by molar-refractivity contribution is 0.310. The average molecular weight is 468 g/mol. The second-order valence-corrected chi connectivity index (χ2v) is 10.4. The Kier molecular flexibility index (Phi) is 5.49. The number of ether oxygens (including phenoxy) is 1. The molecule has 11 heteroatoms. The first-order valence-electron chi connectivity index (χ1n) is 10.7. The molecule has 0 aromatic carbocycles. The first kappa shape index (κ1) is 21.4. The van der Waals surface area contributed by atoms with E-state index in [9.17, 15) is 8.42 Å². The SMILES string of the molecule is Cc1c(N2CCc3cnc(Nc4cccnc4CS(C)(=O)=O)nc3C2)cnc2c1NCCO2. The van der Waals surface area contributed by atoms with Crippen molar-refractivity contribution < 1.29 is 13.2 Å². The fraction of sp³-hybridized carbons (Fsp3) is 0.364. The van der Waals surface area contributed by atoms with Crippen molar-refractivity contribution in [3.8, 4) is 5.88 Å². The molecule has 2 aliphatic rings. The summed E-state index contributed by atoms with van der Waals surface area (Å²) in [5.74, 6) is 0.904. The largest absolute Gasteiger partial charge is 0.474 e. The fourth-order valence-electron chi connectivity index (χ4n) is 4.13. The Morgan fingerprint density at radius 2 is 2.12 bits per heavy atom. The van der Waals surface area contributed by atoms with Gasteiger partial charge < -0.3 is 20.3 Å². The lowest BCUT2D eigenvalue weighted by atomic mass is 10.0. The molecule has 2 N–H and O–H groups in total. The minimum Gasteiger partial charge on any atom is -0.474 e. The Morgan fingerprint density at radius 3 is 2.97 bits per heavy atom. The van der Waals surface area contributed by atoms with Gasteiger partial charge >= 0.3 is 0 Å². The summed E-state index contributed by atoms with van der Waals surface area (Å²) in [5.41, 5.74) is 6.15. The molecule has 0 saturated heterocycles. The van der Waals surface area contributed by atoms with Crippen LogP contribution >= 0.6 is 0 Å². The van der Waals surface area contributed by atoms with Crippen molar-refractivity contribution in [3.63, 3.8) is 0 Å². The predicted molar refractivity (Wildman–Crippen MR) is 126 cm³/mol. The average Bonchev–Trinajstić information content (AvgIpc) is 2.79. The van der Waals surface area contributed by atoms with E-state index in [2.05, 4.69) is 37.4 Å². The number of pyridine rings is 2. The van der Waals surface area contributed by atoms with Gasteiger partial charge in [0.1, 0.15) is 12.3 Å². The topological polar surface area (TPSA) is 122 Å². The molecular formula is C22H25N7O3S. The van der Waals surface area contributed by atoms with Crippen LogP contribution < -0.4 is 20.3 Å². The molecule has 0 amide bonds. The third-order valence-electron chi connectivity index (χ3n) is 5.74. The van der Waals surface area contributed by atoms with Crippen LogP contribution in [0.2, 0.25) is 0 Å². The van der Waals surface area contributed by atoms with Gasteiger partial charge in [-0.3, -0.25) is 4.98 Å². The number of hydrogen-bond donors (Lipinski definition) is 2. The maximum atomic E-state index is 11.8. The molecule has 0 radical (unpaired) electrons. The van der Waals surface area contributed by atoms with Crippen molar-refractivity contribution in [2.75, 3.05) is 41.5 Å². The number of fused-ring (bicyclic) bond motifs is 2. The van der Waals surface area contributed by atoms with Gasteiger partial charge in [-0.1, -0.05) is 0 Å². The van der Waals surface area contributed by atoms with Crippen LogP contribution in [0, 0.1) is 6.92 Å². The summed E-state index contributed by atoms with van der Waals surface area (Å²) in [7, 11) is -3.23. The van der Waals surface area contributed by atoms with Crippen molar-refractivity contribution in [3.05, 3.63) is 53.2 Å². The van der Waals surface area contributed by atoms with E-state index in [-0.39, 0.29) is 5.75 Å². The van der Waals surface area contributed by atoms with E-state index in [0.29, 0.717) is 36.4 Å². The van der Waals surface area contributed by atoms with Gasteiger partial charge in [-0.2, -0.15) is 0 Å². The zero-order chi connectivity index (χ0) is 23.0. The monoisotopic (exact) mass is 467 g/mol. The number of sulfone groups is 1. The molecule has 5 rings (SSSR count). The predicted octanol–water partition coefficient (Wildman–Crippen LogP) is 2.23. The maximum Gasteiger partial charge on any atom is 0.237 e. The molecule has 0 atom stereocenters. The number of rotatable bonds is 5. The molecule has 0 fully saturated rings. The van der Waals surface area contributed by atoms with E-state index in [4.69, 9.17) is 9.72 Å². The smallest absolute Gasteiger partial charge is 0.237 e. The zero-order valence-electron chi connectivity index (χ0n) is 18.5. The lowest BCUT2D eigenvalue weighted by Crippen LogP contribution is -2.32. The van der Waals surface area contributed by atoms with Crippen molar-refractivity contribution in [1.29, 1.82) is 0 Å². The van der Waals surface area contributed by atoms with Gasteiger partial charge in [-0.25, -0.2) is 23.4 Å². The van der Waals surface area contributed by atoms with Gasteiger partial charge in [-0.15, -0.1) is 0 Å². The highest BCUT2D eigenvalue weighted by Gasteiger charge is 2.24. The molecular weight excluding hydrogens is 442 g/mol. The van der Waals surface area contributed by atoms with Crippen LogP contribution in [0.15, 0.2) is 30.7 Å². The molecule has 0 saturated carbocycles. The number of nitrogens with one attached hydrogen (secondary N) is 2. The first-order valence-corrected chi connectivity index (χ1v) is 12.8. The highest BCUT2D eigenvalue weighted by atomic mass is 32.2. The van der Waals surface area contributed by atoms with Gasteiger partial charge in [0.25, 0.3) is 0 Å². The number of aromatic nitrogens is 4. The lowest BCUT2D eigenvalue weighted by Gasteiger charge is -2.32. The summed E-state index contributed by atoms with van der Waals surface area (Å²) in [4.78, 5) is 20.2. The van der Waals surface area contributed by atoms with Crippen molar-refractivity contribution in [2.45, 2.75) is 25.6 Å². The van der Waals surface area contributed by atoms with Crippen LogP contribution in [0.4, 0.5) is 23.0 Å². The molecule has 3 aromatic rings. The van der Waals surface area contributed by atoms with Crippen LogP contribution in [-0.2, 0) is 28.6 Å². The molecule has 0 unspecified atom stereocenters. The molecule has 172 valence electrons. The Labute approximate surface area is 192 Å². The van der Waals surface area contributed by atoms with Crippen LogP contribution in [0.25, 0.3) is 0 Å². The fourth-order valence-corrected chi connectivity index (χ4v) is 4.86. The van der Waals surface area contributed by atoms with Crippen LogP contribution in [0.1, 0.15) is 22.5 Å². The Hall–Kier alpha value is -3.47. The number of hydrogen-bond acceptors (Lipinski definition) is 10. The van der Waals surface area contributed by atoms with Crippen molar-refractivity contribution in [1.82, 2.24) is 19.9 Å². The van der Waals surface area contributed by atoms with Gasteiger partial charge in [0.2, 0.25) is 11.8 Å². The molecule has 0 spiro atoms. The standard InChI is InChI=1S/C22H25N7O3S/c1-14-19(11-25-21-20(14)24-7-9-32-21)29-8-5-15-10-26-22(28-17(15)12-29)27-16-4-3-6-23-18(16)13-33(2,30)31/h3-4,6,10-11,24H,5,7-9,12-13H2,1-2H3,(H,26,27,28). The van der Waals surface area contributed by atoms with Gasteiger partial charge in [-0.05, 0) is 31.0 Å². The molecule has 3 aromatic heterocycles. The molecule has 2 aliphatic heterocycles. The maximum absolute atomic E-state index is 11.8. The molecule has 33 heavy (non-hydrogen) atoms. The summed E-state index contributed by atoms with van der Waals surface area (Å²) in [6, 6.07) is 3.53. The summed E-state index contributed by atoms with van der Waals surface area (Å²) in [6.07, 6.45) is 7.28. The van der Waals surface area contributed by atoms with Crippen molar-refractivity contribution in [2.24, 2.45) is 0 Å². The van der Waals surface area contributed by atoms with Gasteiger partial charge in [0.05, 0.1) is 41.3 Å². The van der Waals surface area contributed by atoms with E-state index >= 15 is 0 Å². The highest BCUT2D eigenvalue weighted by Crippen LogP contribution is 2.36. The van der Waals surface area contributed by atoms with E-state index in [0.717, 1.165) is 47.7 Å². The van der Waals surface area contributed by atoms with Crippen molar-refractivity contribution >= 4 is 32.8 Å². The van der Waals surface area contributed by atoms with E-state index in [1.165, 1.54) is 6.26 Å². The van der Waals surface area contributed by atoms with Gasteiger partial charge in [0.15, 0.2) is 9.84 Å². The summed E-state index contributed by atoms with van der Waals surface area (Å²) >= 11 is 0. The Balaban J connectivity index is 1.39. The Morgan fingerprint density at radius 1 is 1.24 bits per heavy atom. The summed E-state index contributed by atoms with van der Waals surface area (Å²) < 4.78 is 29.2. The summed E-state index contributed by atoms with van der Waals surface area (Å²) in [6.45, 7) is 4.92. The minimum absolute atomic E-state index is 0.156. The second-order valence-electron chi connectivity index (χ2n) is 8.25. The number of anilines is 4. The zero-order valence-corrected chi connectivity index (χ0v) is 19.3. The van der Waals surface area contributed by atoms with E-state index < -0.39 is 9.84 Å². The molecule has 10 nitrogen and oxygen atoms in total. The van der Waals surface area contributed by atoms with Crippen LogP contribution in [-0.4, -0.2) is 54.3 Å². The Bertz CT molecular complexity index is 1310.